The number of benzene rings is 2. The van der Waals surface area contributed by atoms with Gasteiger partial charge in [-0.2, -0.15) is 0 Å². The van der Waals surface area contributed by atoms with Gasteiger partial charge < -0.3 is 15.8 Å². The van der Waals surface area contributed by atoms with E-state index >= 15 is 0 Å². The van der Waals surface area contributed by atoms with Crippen molar-refractivity contribution in [3.63, 3.8) is 0 Å². The number of nitrogens with zero attached hydrogens (tertiary/aromatic N) is 1. The molecular formula is C14H13N3O4. The predicted molar refractivity (Wildman–Crippen MR) is 78.5 cm³/mol. The molecule has 21 heavy (non-hydrogen) atoms. The summed E-state index contributed by atoms with van der Waals surface area (Å²) in [6.07, 6.45) is 0. The van der Waals surface area contributed by atoms with Gasteiger partial charge in [0.25, 0.3) is 5.91 Å². The maximum absolute atomic E-state index is 12.2. The van der Waals surface area contributed by atoms with E-state index in [1.165, 1.54) is 25.3 Å². The molecule has 1 amide bonds. The third-order valence-electron chi connectivity index (χ3n) is 2.85. The lowest BCUT2D eigenvalue weighted by atomic mass is 10.1. The third kappa shape index (κ3) is 2.92. The van der Waals surface area contributed by atoms with E-state index in [4.69, 9.17) is 10.5 Å². The number of methoxy groups -OCH3 is 1. The van der Waals surface area contributed by atoms with Crippen molar-refractivity contribution < 1.29 is 14.5 Å². The summed E-state index contributed by atoms with van der Waals surface area (Å²) < 4.78 is 5.11. The quantitative estimate of drug-likeness (QED) is 0.510. The number of hydrogen-bond donors (Lipinski definition) is 2. The number of carbonyl (C=O) groups is 1. The number of anilines is 2. The molecule has 7 heteroatoms. The van der Waals surface area contributed by atoms with E-state index in [0.29, 0.717) is 11.4 Å². The normalized spacial score (nSPS) is 9.95. The first-order valence-corrected chi connectivity index (χ1v) is 6.02. The second kappa shape index (κ2) is 5.91. The molecule has 7 nitrogen and oxygen atoms in total. The Morgan fingerprint density at radius 1 is 1.24 bits per heavy atom. The monoisotopic (exact) mass is 287 g/mol. The molecule has 3 N–H and O–H groups in total. The van der Waals surface area contributed by atoms with Gasteiger partial charge in [-0.25, -0.2) is 0 Å². The largest absolute Gasteiger partial charge is 0.495 e. The molecule has 0 heterocycles. The summed E-state index contributed by atoms with van der Waals surface area (Å²) in [5.74, 6) is -0.170. The molecule has 2 aromatic rings. The van der Waals surface area contributed by atoms with Gasteiger partial charge in [0.05, 0.1) is 17.7 Å². The fourth-order valence-electron chi connectivity index (χ4n) is 1.89. The third-order valence-corrected chi connectivity index (χ3v) is 2.85. The van der Waals surface area contributed by atoms with Gasteiger partial charge in [-0.3, -0.25) is 14.9 Å². The number of amides is 1. The van der Waals surface area contributed by atoms with Crippen LogP contribution in [0.15, 0.2) is 42.5 Å². The molecule has 2 aromatic carbocycles. The van der Waals surface area contributed by atoms with Gasteiger partial charge in [0, 0.05) is 0 Å². The van der Waals surface area contributed by atoms with Gasteiger partial charge >= 0.3 is 5.69 Å². The van der Waals surface area contributed by atoms with Crippen LogP contribution in [0.2, 0.25) is 0 Å². The summed E-state index contributed by atoms with van der Waals surface area (Å²) >= 11 is 0. The van der Waals surface area contributed by atoms with Gasteiger partial charge in [-0.15, -0.1) is 0 Å². The van der Waals surface area contributed by atoms with Crippen LogP contribution in [0.25, 0.3) is 0 Å². The van der Waals surface area contributed by atoms with Gasteiger partial charge in [-0.1, -0.05) is 18.2 Å². The Morgan fingerprint density at radius 3 is 2.62 bits per heavy atom. The van der Waals surface area contributed by atoms with Crippen LogP contribution in [0.3, 0.4) is 0 Å². The zero-order chi connectivity index (χ0) is 15.4. The van der Waals surface area contributed by atoms with Crippen molar-refractivity contribution in [3.05, 3.63) is 58.1 Å². The summed E-state index contributed by atoms with van der Waals surface area (Å²) in [5.41, 5.74) is 5.40. The van der Waals surface area contributed by atoms with Crippen molar-refractivity contribution in [2.45, 2.75) is 0 Å². The minimum Gasteiger partial charge on any atom is -0.495 e. The van der Waals surface area contributed by atoms with Crippen LogP contribution in [0.4, 0.5) is 17.1 Å². The lowest BCUT2D eigenvalue weighted by Gasteiger charge is -2.10. The van der Waals surface area contributed by atoms with E-state index in [0.717, 1.165) is 0 Å². The van der Waals surface area contributed by atoms with E-state index in [2.05, 4.69) is 5.32 Å². The van der Waals surface area contributed by atoms with E-state index < -0.39 is 16.5 Å². The van der Waals surface area contributed by atoms with Crippen molar-refractivity contribution in [2.75, 3.05) is 18.2 Å². The Hall–Kier alpha value is -3.09. The summed E-state index contributed by atoms with van der Waals surface area (Å²) in [6.45, 7) is 0. The first-order valence-electron chi connectivity index (χ1n) is 6.02. The van der Waals surface area contributed by atoms with Gasteiger partial charge in [-0.05, 0) is 24.3 Å². The fourth-order valence-corrected chi connectivity index (χ4v) is 1.89. The van der Waals surface area contributed by atoms with Crippen molar-refractivity contribution in [2.24, 2.45) is 0 Å². The molecule has 2 rings (SSSR count). The Kier molecular flexibility index (Phi) is 4.03. The second-order valence-corrected chi connectivity index (χ2v) is 4.15. The molecule has 0 unspecified atom stereocenters. The predicted octanol–water partition coefficient (Wildman–Crippen LogP) is 2.44. The molecule has 0 saturated heterocycles. The molecule has 0 fully saturated rings. The Balaban J connectivity index is 2.38. The minimum absolute atomic E-state index is 0.0623. The number of nitro benzene ring substituents is 1. The molecule has 0 atom stereocenters. The summed E-state index contributed by atoms with van der Waals surface area (Å²) in [6, 6.07) is 11.0. The van der Waals surface area contributed by atoms with Crippen molar-refractivity contribution >= 4 is 23.0 Å². The number of nitrogens with one attached hydrogen (secondary N) is 1. The van der Waals surface area contributed by atoms with E-state index in [-0.39, 0.29) is 11.3 Å². The average Bonchev–Trinajstić information content (AvgIpc) is 2.47. The lowest BCUT2D eigenvalue weighted by molar-refractivity contribution is -0.384. The van der Waals surface area contributed by atoms with Crippen LogP contribution in [0.1, 0.15) is 10.4 Å². The second-order valence-electron chi connectivity index (χ2n) is 4.15. The average molecular weight is 287 g/mol. The minimum atomic E-state index is -0.674. The fraction of sp³-hybridized carbons (Fsp3) is 0.0714. The van der Waals surface area contributed by atoms with Crippen LogP contribution >= 0.6 is 0 Å². The highest BCUT2D eigenvalue weighted by Gasteiger charge is 2.23. The molecule has 0 aliphatic heterocycles. The van der Waals surface area contributed by atoms with Crippen molar-refractivity contribution in [1.29, 1.82) is 0 Å². The first kappa shape index (κ1) is 14.3. The zero-order valence-corrected chi connectivity index (χ0v) is 11.2. The maximum Gasteiger partial charge on any atom is 0.304 e. The van der Waals surface area contributed by atoms with Crippen LogP contribution in [-0.4, -0.2) is 17.9 Å². The number of nitrogen functional groups attached to an aromatic ring is 1. The molecule has 0 bridgehead atoms. The van der Waals surface area contributed by atoms with Gasteiger partial charge in [0.1, 0.15) is 17.0 Å². The number of nitro groups is 1. The number of nitrogens with two attached hydrogens (primary N) is 1. The zero-order valence-electron chi connectivity index (χ0n) is 11.2. The SMILES string of the molecule is COc1ccccc1NC(=O)c1cccc(N)c1[N+](=O)[O-]. The number of rotatable bonds is 4. The standard InChI is InChI=1S/C14H13N3O4/c1-21-12-8-3-2-7-11(12)16-14(18)9-5-4-6-10(15)13(9)17(19)20/h2-8H,15H2,1H3,(H,16,18). The number of para-hydroxylation sites is 3. The highest BCUT2D eigenvalue weighted by atomic mass is 16.6. The highest BCUT2D eigenvalue weighted by Crippen LogP contribution is 2.28. The molecule has 0 aliphatic rings. The lowest BCUT2D eigenvalue weighted by Crippen LogP contribution is -2.15. The summed E-state index contributed by atoms with van der Waals surface area (Å²) in [5, 5.41) is 13.6. The number of hydrogen-bond acceptors (Lipinski definition) is 5. The Morgan fingerprint density at radius 2 is 1.95 bits per heavy atom. The molecule has 0 aromatic heterocycles. The van der Waals surface area contributed by atoms with Crippen LogP contribution in [-0.2, 0) is 0 Å². The van der Waals surface area contributed by atoms with Crippen LogP contribution in [0, 0.1) is 10.1 Å². The van der Waals surface area contributed by atoms with Crippen molar-refractivity contribution in [1.82, 2.24) is 0 Å². The van der Waals surface area contributed by atoms with Gasteiger partial charge in [0.15, 0.2) is 0 Å². The van der Waals surface area contributed by atoms with Crippen LogP contribution in [0.5, 0.6) is 5.75 Å². The first-order chi connectivity index (χ1) is 10.0. The highest BCUT2D eigenvalue weighted by molar-refractivity contribution is 6.08. The molecule has 0 spiro atoms. The number of ether oxygens (including phenoxy) is 1. The van der Waals surface area contributed by atoms with E-state index in [1.54, 1.807) is 24.3 Å². The Bertz CT molecular complexity index is 700. The van der Waals surface area contributed by atoms with E-state index in [1.807, 2.05) is 0 Å². The maximum atomic E-state index is 12.2. The Labute approximate surface area is 120 Å². The van der Waals surface area contributed by atoms with Gasteiger partial charge in [0.2, 0.25) is 0 Å². The smallest absolute Gasteiger partial charge is 0.304 e. The molecule has 0 aliphatic carbocycles. The molecule has 108 valence electrons. The molecule has 0 radical (unpaired) electrons. The number of carbonyl (C=O) groups excluding carboxylic acids is 1. The topological polar surface area (TPSA) is 107 Å². The van der Waals surface area contributed by atoms with E-state index in [9.17, 15) is 14.9 Å². The molecular weight excluding hydrogens is 274 g/mol. The summed E-state index contributed by atoms with van der Waals surface area (Å²) in [4.78, 5) is 22.6. The summed E-state index contributed by atoms with van der Waals surface area (Å²) in [7, 11) is 1.47. The van der Waals surface area contributed by atoms with Crippen molar-refractivity contribution in [3.8, 4) is 5.75 Å². The van der Waals surface area contributed by atoms with Crippen LogP contribution < -0.4 is 15.8 Å². The molecule has 0 saturated carbocycles.